The van der Waals surface area contributed by atoms with Gasteiger partial charge in [0.25, 0.3) is 0 Å². The van der Waals surface area contributed by atoms with E-state index in [1.54, 1.807) is 17.5 Å². The van der Waals surface area contributed by atoms with Crippen LogP contribution in [0.4, 0.5) is 4.79 Å². The number of thiophene rings is 1. The standard InChI is InChI=1S/C27H28N2O5S/c1-2-17(13-14-24(30)29-25(26(31)32)23-12-7-15-35-23)28-27(33)34-16-22-20-10-5-3-8-18(20)19-9-4-6-11-21(19)22/h3-12,15,17,22,25H,2,13-14,16H2,1H3,(H,28,33)(H,29,30)(H,31,32). The fourth-order valence-electron chi connectivity index (χ4n) is 4.43. The van der Waals surface area contributed by atoms with E-state index in [0.717, 1.165) is 22.3 Å². The van der Waals surface area contributed by atoms with E-state index in [0.29, 0.717) is 17.7 Å². The van der Waals surface area contributed by atoms with Crippen molar-refractivity contribution in [3.8, 4) is 11.1 Å². The van der Waals surface area contributed by atoms with Crippen LogP contribution in [0.1, 0.15) is 54.1 Å². The molecule has 2 amide bonds. The number of rotatable bonds is 10. The molecule has 0 bridgehead atoms. The van der Waals surface area contributed by atoms with Crippen LogP contribution in [0, 0.1) is 0 Å². The van der Waals surface area contributed by atoms with Crippen LogP contribution in [0.5, 0.6) is 0 Å². The van der Waals surface area contributed by atoms with Crippen LogP contribution in [0.3, 0.4) is 0 Å². The van der Waals surface area contributed by atoms with Crippen molar-refractivity contribution < 1.29 is 24.2 Å². The van der Waals surface area contributed by atoms with Crippen LogP contribution in [0.15, 0.2) is 66.0 Å². The summed E-state index contributed by atoms with van der Waals surface area (Å²) >= 11 is 1.28. The lowest BCUT2D eigenvalue weighted by atomic mass is 9.98. The van der Waals surface area contributed by atoms with Gasteiger partial charge in [-0.2, -0.15) is 0 Å². The van der Waals surface area contributed by atoms with Gasteiger partial charge in [0.05, 0.1) is 0 Å². The highest BCUT2D eigenvalue weighted by Gasteiger charge is 2.29. The van der Waals surface area contributed by atoms with E-state index in [1.807, 2.05) is 31.2 Å². The van der Waals surface area contributed by atoms with Gasteiger partial charge in [-0.3, -0.25) is 4.79 Å². The number of hydrogen-bond donors (Lipinski definition) is 3. The van der Waals surface area contributed by atoms with Crippen molar-refractivity contribution in [3.63, 3.8) is 0 Å². The fourth-order valence-corrected chi connectivity index (χ4v) is 5.20. The lowest BCUT2D eigenvalue weighted by molar-refractivity contribution is -0.142. The molecule has 35 heavy (non-hydrogen) atoms. The van der Waals surface area contributed by atoms with Gasteiger partial charge in [-0.15, -0.1) is 11.3 Å². The molecule has 0 fully saturated rings. The predicted molar refractivity (Wildman–Crippen MR) is 134 cm³/mol. The van der Waals surface area contributed by atoms with Gasteiger partial charge in [0.2, 0.25) is 5.91 Å². The van der Waals surface area contributed by atoms with Gasteiger partial charge in [0, 0.05) is 23.3 Å². The summed E-state index contributed by atoms with van der Waals surface area (Å²) in [7, 11) is 0. The molecule has 0 radical (unpaired) electrons. The van der Waals surface area contributed by atoms with E-state index in [1.165, 1.54) is 11.3 Å². The van der Waals surface area contributed by atoms with Crippen molar-refractivity contribution >= 4 is 29.3 Å². The van der Waals surface area contributed by atoms with E-state index in [4.69, 9.17) is 4.74 Å². The summed E-state index contributed by atoms with van der Waals surface area (Å²) < 4.78 is 5.60. The van der Waals surface area contributed by atoms with Crippen molar-refractivity contribution in [2.45, 2.75) is 44.2 Å². The molecule has 1 aliphatic rings. The molecular formula is C27H28N2O5S. The third-order valence-corrected chi connectivity index (χ3v) is 7.20. The molecule has 0 aliphatic heterocycles. The molecule has 1 heterocycles. The molecule has 182 valence electrons. The first-order chi connectivity index (χ1) is 17.0. The lowest BCUT2D eigenvalue weighted by Gasteiger charge is -2.19. The number of ether oxygens (including phenoxy) is 1. The minimum absolute atomic E-state index is 0.0239. The smallest absolute Gasteiger partial charge is 0.407 e. The predicted octanol–water partition coefficient (Wildman–Crippen LogP) is 5.09. The van der Waals surface area contributed by atoms with E-state index >= 15 is 0 Å². The summed E-state index contributed by atoms with van der Waals surface area (Å²) in [5.41, 5.74) is 4.61. The van der Waals surface area contributed by atoms with Crippen molar-refractivity contribution in [2.75, 3.05) is 6.61 Å². The first-order valence-corrected chi connectivity index (χ1v) is 12.5. The van der Waals surface area contributed by atoms with Crippen LogP contribution < -0.4 is 10.6 Å². The normalized spacial score (nSPS) is 13.9. The number of nitrogens with one attached hydrogen (secondary N) is 2. The van der Waals surface area contributed by atoms with Crippen molar-refractivity contribution in [2.24, 2.45) is 0 Å². The topological polar surface area (TPSA) is 105 Å². The Balaban J connectivity index is 1.28. The highest BCUT2D eigenvalue weighted by molar-refractivity contribution is 7.10. The third-order valence-electron chi connectivity index (χ3n) is 6.26. The molecule has 0 saturated heterocycles. The Labute approximate surface area is 208 Å². The number of fused-ring (bicyclic) bond motifs is 3. The molecule has 2 unspecified atom stereocenters. The number of benzene rings is 2. The third kappa shape index (κ3) is 5.71. The average molecular weight is 493 g/mol. The second-order valence-corrected chi connectivity index (χ2v) is 9.45. The molecule has 4 rings (SSSR count). The summed E-state index contributed by atoms with van der Waals surface area (Å²) in [5.74, 6) is -1.51. The molecule has 2 atom stereocenters. The molecule has 3 N–H and O–H groups in total. The lowest BCUT2D eigenvalue weighted by Crippen LogP contribution is -2.38. The van der Waals surface area contributed by atoms with Gasteiger partial charge < -0.3 is 20.5 Å². The van der Waals surface area contributed by atoms with E-state index in [9.17, 15) is 19.5 Å². The highest BCUT2D eigenvalue weighted by Crippen LogP contribution is 2.44. The molecule has 1 aromatic heterocycles. The molecular weight excluding hydrogens is 464 g/mol. The molecule has 0 saturated carbocycles. The molecule has 2 aromatic carbocycles. The number of amides is 2. The Hall–Kier alpha value is -3.65. The largest absolute Gasteiger partial charge is 0.479 e. The van der Waals surface area contributed by atoms with Crippen LogP contribution in [0.25, 0.3) is 11.1 Å². The van der Waals surface area contributed by atoms with E-state index < -0.39 is 18.1 Å². The Morgan fingerprint density at radius 3 is 2.20 bits per heavy atom. The number of carbonyl (C=O) groups excluding carboxylic acids is 2. The van der Waals surface area contributed by atoms with Gasteiger partial charge in [-0.25, -0.2) is 9.59 Å². The number of carboxylic acid groups (broad SMARTS) is 1. The maximum Gasteiger partial charge on any atom is 0.407 e. The monoisotopic (exact) mass is 492 g/mol. The minimum Gasteiger partial charge on any atom is -0.479 e. The van der Waals surface area contributed by atoms with Gasteiger partial charge in [0.1, 0.15) is 6.61 Å². The Kier molecular flexibility index (Phi) is 7.82. The Morgan fingerprint density at radius 1 is 0.971 bits per heavy atom. The summed E-state index contributed by atoms with van der Waals surface area (Å²) in [6, 6.07) is 18.4. The second kappa shape index (κ2) is 11.2. The molecule has 3 aromatic rings. The molecule has 7 nitrogen and oxygen atoms in total. The van der Waals surface area contributed by atoms with E-state index in [2.05, 4.69) is 34.9 Å². The van der Waals surface area contributed by atoms with Crippen molar-refractivity contribution in [1.29, 1.82) is 0 Å². The summed E-state index contributed by atoms with van der Waals surface area (Å²) in [6.45, 7) is 2.13. The van der Waals surface area contributed by atoms with Crippen molar-refractivity contribution in [3.05, 3.63) is 82.0 Å². The van der Waals surface area contributed by atoms with Crippen LogP contribution >= 0.6 is 11.3 Å². The number of alkyl carbamates (subject to hydrolysis) is 1. The summed E-state index contributed by atoms with van der Waals surface area (Å²) in [4.78, 5) is 37.0. The number of carboxylic acids is 1. The zero-order valence-corrected chi connectivity index (χ0v) is 20.2. The minimum atomic E-state index is -1.11. The summed E-state index contributed by atoms with van der Waals surface area (Å²) in [6.07, 6.45) is 0.562. The SMILES string of the molecule is CCC(CCC(=O)NC(C(=O)O)c1cccs1)NC(=O)OCC1c2ccccc2-c2ccccc21. The number of hydrogen-bond acceptors (Lipinski definition) is 5. The number of carbonyl (C=O) groups is 3. The highest BCUT2D eigenvalue weighted by atomic mass is 32.1. The van der Waals surface area contributed by atoms with Crippen LogP contribution in [0.2, 0.25) is 0 Å². The van der Waals surface area contributed by atoms with Gasteiger partial charge in [-0.1, -0.05) is 61.5 Å². The van der Waals surface area contributed by atoms with Gasteiger partial charge in [-0.05, 0) is 46.5 Å². The van der Waals surface area contributed by atoms with E-state index in [-0.39, 0.29) is 30.9 Å². The zero-order valence-electron chi connectivity index (χ0n) is 19.4. The first kappa shape index (κ1) is 24.5. The Morgan fingerprint density at radius 2 is 1.63 bits per heavy atom. The maximum absolute atomic E-state index is 12.6. The van der Waals surface area contributed by atoms with Crippen molar-refractivity contribution in [1.82, 2.24) is 10.6 Å². The second-order valence-electron chi connectivity index (χ2n) is 8.47. The van der Waals surface area contributed by atoms with Crippen LogP contribution in [-0.4, -0.2) is 35.7 Å². The molecule has 1 aliphatic carbocycles. The summed E-state index contributed by atoms with van der Waals surface area (Å²) in [5, 5.41) is 16.6. The Bertz CT molecular complexity index is 1150. The fraction of sp³-hybridized carbons (Fsp3) is 0.296. The molecule has 8 heteroatoms. The maximum atomic E-state index is 12.6. The molecule has 0 spiro atoms. The first-order valence-electron chi connectivity index (χ1n) is 11.6. The van der Waals surface area contributed by atoms with Gasteiger partial charge >= 0.3 is 12.1 Å². The van der Waals surface area contributed by atoms with Crippen LogP contribution in [-0.2, 0) is 14.3 Å². The van der Waals surface area contributed by atoms with Gasteiger partial charge in [0.15, 0.2) is 6.04 Å². The zero-order chi connectivity index (χ0) is 24.8. The average Bonchev–Trinajstić information content (AvgIpc) is 3.50. The number of aliphatic carboxylic acids is 1. The quantitative estimate of drug-likeness (QED) is 0.366.